The van der Waals surface area contributed by atoms with Crippen LogP contribution in [-0.4, -0.2) is 4.98 Å². The molecule has 0 unspecified atom stereocenters. The molecule has 0 aliphatic carbocycles. The molecule has 0 saturated heterocycles. The van der Waals surface area contributed by atoms with Crippen molar-refractivity contribution in [3.63, 3.8) is 0 Å². The van der Waals surface area contributed by atoms with E-state index in [4.69, 9.17) is 11.6 Å². The maximum atomic E-state index is 6.31. The van der Waals surface area contributed by atoms with Gasteiger partial charge in [0.1, 0.15) is 5.15 Å². The lowest BCUT2D eigenvalue weighted by Gasteiger charge is -2.20. The van der Waals surface area contributed by atoms with E-state index in [0.717, 1.165) is 17.5 Å². The van der Waals surface area contributed by atoms with Gasteiger partial charge in [0.05, 0.1) is 5.52 Å². The molecule has 0 spiro atoms. The van der Waals surface area contributed by atoms with Gasteiger partial charge in [-0.15, -0.1) is 0 Å². The summed E-state index contributed by atoms with van der Waals surface area (Å²) in [5.74, 6) is 0. The van der Waals surface area contributed by atoms with Crippen molar-refractivity contribution in [2.24, 2.45) is 0 Å². The summed E-state index contributed by atoms with van der Waals surface area (Å²) in [6.45, 7) is 8.62. The zero-order valence-electron chi connectivity index (χ0n) is 10.8. The Hall–Kier alpha value is -1.08. The number of aromatic nitrogens is 1. The molecule has 2 heteroatoms. The van der Waals surface area contributed by atoms with Gasteiger partial charge in [-0.05, 0) is 29.0 Å². The van der Waals surface area contributed by atoms with Crippen molar-refractivity contribution >= 4 is 22.5 Å². The van der Waals surface area contributed by atoms with Crippen LogP contribution in [0.15, 0.2) is 24.3 Å². The van der Waals surface area contributed by atoms with E-state index in [0.29, 0.717) is 5.15 Å². The average Bonchev–Trinajstić information content (AvgIpc) is 2.26. The summed E-state index contributed by atoms with van der Waals surface area (Å²) in [7, 11) is 0. The highest BCUT2D eigenvalue weighted by atomic mass is 35.5. The first-order valence-electron chi connectivity index (χ1n) is 6.02. The van der Waals surface area contributed by atoms with Gasteiger partial charge in [0.15, 0.2) is 0 Å². The van der Waals surface area contributed by atoms with Crippen LogP contribution in [0, 0.1) is 0 Å². The molecule has 1 nitrogen and oxygen atoms in total. The Balaban J connectivity index is 2.75. The molecule has 0 aliphatic rings. The molecule has 1 heterocycles. The van der Waals surface area contributed by atoms with E-state index in [9.17, 15) is 0 Å². The van der Waals surface area contributed by atoms with Gasteiger partial charge < -0.3 is 0 Å². The normalized spacial score (nSPS) is 12.1. The molecule has 0 amide bonds. The average molecular weight is 248 g/mol. The van der Waals surface area contributed by atoms with E-state index in [1.165, 1.54) is 10.9 Å². The van der Waals surface area contributed by atoms with Gasteiger partial charge >= 0.3 is 0 Å². The Morgan fingerprint density at radius 3 is 2.53 bits per heavy atom. The lowest BCUT2D eigenvalue weighted by atomic mass is 9.87. The highest BCUT2D eigenvalue weighted by Crippen LogP contribution is 2.31. The second kappa shape index (κ2) is 4.30. The van der Waals surface area contributed by atoms with E-state index >= 15 is 0 Å². The smallest absolute Gasteiger partial charge is 0.133 e. The second-order valence-electron chi connectivity index (χ2n) is 5.42. The molecule has 0 atom stereocenters. The fourth-order valence-electron chi connectivity index (χ4n) is 2.05. The number of rotatable bonds is 1. The SMILES string of the molecule is CCc1cccc2cc(C(C)(C)C)c(Cl)nc12. The van der Waals surface area contributed by atoms with Crippen LogP contribution in [0.1, 0.15) is 38.8 Å². The van der Waals surface area contributed by atoms with E-state index < -0.39 is 0 Å². The Bertz CT molecular complexity index is 553. The fraction of sp³-hybridized carbons (Fsp3) is 0.400. The van der Waals surface area contributed by atoms with Crippen LogP contribution in [0.25, 0.3) is 10.9 Å². The van der Waals surface area contributed by atoms with Crippen molar-refractivity contribution in [3.8, 4) is 0 Å². The first-order chi connectivity index (χ1) is 7.93. The van der Waals surface area contributed by atoms with Crippen LogP contribution in [0.4, 0.5) is 0 Å². The van der Waals surface area contributed by atoms with Crippen molar-refractivity contribution in [1.29, 1.82) is 0 Å². The number of hydrogen-bond donors (Lipinski definition) is 0. The maximum absolute atomic E-state index is 6.31. The monoisotopic (exact) mass is 247 g/mol. The number of benzene rings is 1. The van der Waals surface area contributed by atoms with Crippen molar-refractivity contribution in [2.45, 2.75) is 39.5 Å². The van der Waals surface area contributed by atoms with Gasteiger partial charge in [-0.1, -0.05) is 57.5 Å². The summed E-state index contributed by atoms with van der Waals surface area (Å²) in [5.41, 5.74) is 3.43. The van der Waals surface area contributed by atoms with Crippen LogP contribution >= 0.6 is 11.6 Å². The lowest BCUT2D eigenvalue weighted by molar-refractivity contribution is 0.589. The van der Waals surface area contributed by atoms with E-state index in [1.807, 2.05) is 0 Å². The third-order valence-corrected chi connectivity index (χ3v) is 3.36. The topological polar surface area (TPSA) is 12.9 Å². The zero-order valence-corrected chi connectivity index (χ0v) is 11.6. The minimum Gasteiger partial charge on any atom is -0.236 e. The number of pyridine rings is 1. The van der Waals surface area contributed by atoms with Crippen molar-refractivity contribution in [1.82, 2.24) is 4.98 Å². The summed E-state index contributed by atoms with van der Waals surface area (Å²) in [6.07, 6.45) is 0.982. The Morgan fingerprint density at radius 2 is 1.94 bits per heavy atom. The summed E-state index contributed by atoms with van der Waals surface area (Å²) in [6, 6.07) is 8.47. The highest BCUT2D eigenvalue weighted by Gasteiger charge is 2.19. The molecule has 2 rings (SSSR count). The molecule has 17 heavy (non-hydrogen) atoms. The molecule has 0 fully saturated rings. The first-order valence-corrected chi connectivity index (χ1v) is 6.40. The van der Waals surface area contributed by atoms with Crippen molar-refractivity contribution < 1.29 is 0 Å². The molecule has 0 N–H and O–H groups in total. The van der Waals surface area contributed by atoms with E-state index in [2.05, 4.69) is 56.9 Å². The molecule has 90 valence electrons. The van der Waals surface area contributed by atoms with Gasteiger partial charge in [0.2, 0.25) is 0 Å². The third kappa shape index (κ3) is 2.30. The second-order valence-corrected chi connectivity index (χ2v) is 5.78. The molecule has 0 aliphatic heterocycles. The molecule has 2 aromatic rings. The summed E-state index contributed by atoms with van der Waals surface area (Å²) in [4.78, 5) is 4.58. The molecule has 0 saturated carbocycles. The van der Waals surface area contributed by atoms with Gasteiger partial charge in [-0.3, -0.25) is 0 Å². The Morgan fingerprint density at radius 1 is 1.24 bits per heavy atom. The third-order valence-electron chi connectivity index (χ3n) is 3.07. The quantitative estimate of drug-likeness (QED) is 0.663. The van der Waals surface area contributed by atoms with Gasteiger partial charge in [0.25, 0.3) is 0 Å². The predicted octanol–water partition coefficient (Wildman–Crippen LogP) is 4.75. The summed E-state index contributed by atoms with van der Waals surface area (Å²) < 4.78 is 0. The largest absolute Gasteiger partial charge is 0.236 e. The van der Waals surface area contributed by atoms with E-state index in [-0.39, 0.29) is 5.41 Å². The number of nitrogens with zero attached hydrogens (tertiary/aromatic N) is 1. The van der Waals surface area contributed by atoms with Crippen molar-refractivity contribution in [3.05, 3.63) is 40.5 Å². The van der Waals surface area contributed by atoms with Crippen LogP contribution in [-0.2, 0) is 11.8 Å². The first kappa shape index (κ1) is 12.4. The lowest BCUT2D eigenvalue weighted by Crippen LogP contribution is -2.12. The molecule has 0 radical (unpaired) electrons. The van der Waals surface area contributed by atoms with Gasteiger partial charge in [0, 0.05) is 5.39 Å². The van der Waals surface area contributed by atoms with Crippen LogP contribution < -0.4 is 0 Å². The Kier molecular flexibility index (Phi) is 3.13. The van der Waals surface area contributed by atoms with Crippen LogP contribution in [0.3, 0.4) is 0 Å². The fourth-order valence-corrected chi connectivity index (χ4v) is 2.47. The molecular formula is C15H18ClN. The molecular weight excluding hydrogens is 230 g/mol. The number of fused-ring (bicyclic) bond motifs is 1. The van der Waals surface area contributed by atoms with Crippen LogP contribution in [0.5, 0.6) is 0 Å². The number of aryl methyl sites for hydroxylation is 1. The van der Waals surface area contributed by atoms with Crippen molar-refractivity contribution in [2.75, 3.05) is 0 Å². The number of hydrogen-bond acceptors (Lipinski definition) is 1. The minimum absolute atomic E-state index is 0.0283. The summed E-state index contributed by atoms with van der Waals surface area (Å²) in [5, 5.41) is 1.81. The number of para-hydroxylation sites is 1. The maximum Gasteiger partial charge on any atom is 0.133 e. The number of halogens is 1. The molecule has 1 aromatic heterocycles. The highest BCUT2D eigenvalue weighted by molar-refractivity contribution is 6.30. The molecule has 0 bridgehead atoms. The van der Waals surface area contributed by atoms with E-state index in [1.54, 1.807) is 0 Å². The minimum atomic E-state index is 0.0283. The Labute approximate surface area is 108 Å². The zero-order chi connectivity index (χ0) is 12.6. The van der Waals surface area contributed by atoms with Crippen LogP contribution in [0.2, 0.25) is 5.15 Å². The predicted molar refractivity (Wildman–Crippen MR) is 74.8 cm³/mol. The van der Waals surface area contributed by atoms with Gasteiger partial charge in [-0.25, -0.2) is 4.98 Å². The standard InChI is InChI=1S/C15H18ClN/c1-5-10-7-6-8-11-9-12(15(2,3)4)14(16)17-13(10)11/h6-9H,5H2,1-4H3. The summed E-state index contributed by atoms with van der Waals surface area (Å²) >= 11 is 6.31. The van der Waals surface area contributed by atoms with Gasteiger partial charge in [-0.2, -0.15) is 0 Å². The molecule has 1 aromatic carbocycles.